The first-order chi connectivity index (χ1) is 6.49. The van der Waals surface area contributed by atoms with Crippen LogP contribution in [-0.4, -0.2) is 11.1 Å². The van der Waals surface area contributed by atoms with Gasteiger partial charge >= 0.3 is 5.97 Å². The highest BCUT2D eigenvalue weighted by Gasteiger charge is 1.96. The molecule has 2 nitrogen and oxygen atoms in total. The van der Waals surface area contributed by atoms with Crippen LogP contribution in [0.1, 0.15) is 0 Å². The zero-order valence-electron chi connectivity index (χ0n) is 7.01. The third-order valence-electron chi connectivity index (χ3n) is 1.08. The largest absolute Gasteiger partial charge is 0.478 e. The number of carboxylic acids is 1. The molecule has 1 aromatic carbocycles. The molecule has 1 aromatic rings. The van der Waals surface area contributed by atoms with Crippen molar-refractivity contribution in [3.63, 3.8) is 0 Å². The SMILES string of the molecule is C=CC(=O)O.Ic1cccc(I)c1I. The number of hydrogen-bond acceptors (Lipinski definition) is 1. The third-order valence-corrected chi connectivity index (χ3v) is 6.10. The van der Waals surface area contributed by atoms with E-state index in [9.17, 15) is 4.79 Å². The summed E-state index contributed by atoms with van der Waals surface area (Å²) in [5.41, 5.74) is 0. The summed E-state index contributed by atoms with van der Waals surface area (Å²) >= 11 is 7.03. The second-order valence-electron chi connectivity index (χ2n) is 2.08. The Bertz CT molecular complexity index is 317. The average molecular weight is 528 g/mol. The van der Waals surface area contributed by atoms with E-state index in [-0.39, 0.29) is 0 Å². The fraction of sp³-hybridized carbons (Fsp3) is 0. The summed E-state index contributed by atoms with van der Waals surface area (Å²) in [5.74, 6) is -0.981. The molecule has 1 rings (SSSR count). The van der Waals surface area contributed by atoms with Crippen molar-refractivity contribution in [3.8, 4) is 0 Å². The van der Waals surface area contributed by atoms with Gasteiger partial charge in [0.05, 0.1) is 0 Å². The van der Waals surface area contributed by atoms with Crippen LogP contribution in [0.15, 0.2) is 30.9 Å². The number of carbonyl (C=O) groups is 1. The monoisotopic (exact) mass is 528 g/mol. The lowest BCUT2D eigenvalue weighted by atomic mass is 10.4. The van der Waals surface area contributed by atoms with Crippen LogP contribution in [0.5, 0.6) is 0 Å². The van der Waals surface area contributed by atoms with Crippen LogP contribution < -0.4 is 0 Å². The second-order valence-corrected chi connectivity index (χ2v) is 5.48. The van der Waals surface area contributed by atoms with Gasteiger partial charge in [-0.3, -0.25) is 0 Å². The summed E-state index contributed by atoms with van der Waals surface area (Å²) < 4.78 is 4.02. The van der Waals surface area contributed by atoms with Gasteiger partial charge in [-0.2, -0.15) is 0 Å². The maximum atomic E-state index is 9.25. The molecular formula is C9H7I3O2. The van der Waals surface area contributed by atoms with Crippen LogP contribution in [0, 0.1) is 10.7 Å². The molecule has 0 spiro atoms. The first kappa shape index (κ1) is 14.6. The molecule has 0 amide bonds. The maximum absolute atomic E-state index is 9.25. The van der Waals surface area contributed by atoms with Gasteiger partial charge in [-0.1, -0.05) is 12.6 Å². The number of hydrogen-bond donors (Lipinski definition) is 1. The van der Waals surface area contributed by atoms with E-state index in [1.165, 1.54) is 10.7 Å². The molecule has 0 fully saturated rings. The molecule has 0 atom stereocenters. The molecule has 0 saturated heterocycles. The predicted octanol–water partition coefficient (Wildman–Crippen LogP) is 3.76. The first-order valence-corrected chi connectivity index (χ1v) is 6.67. The molecular weight excluding hydrogens is 521 g/mol. The molecule has 0 aromatic heterocycles. The molecule has 1 N–H and O–H groups in total. The van der Waals surface area contributed by atoms with Gasteiger partial charge in [0.1, 0.15) is 0 Å². The number of benzene rings is 1. The number of aliphatic carboxylic acids is 1. The van der Waals surface area contributed by atoms with Crippen molar-refractivity contribution in [1.82, 2.24) is 0 Å². The third kappa shape index (κ3) is 6.17. The highest BCUT2D eigenvalue weighted by molar-refractivity contribution is 14.1. The number of rotatable bonds is 1. The van der Waals surface area contributed by atoms with E-state index in [1.54, 1.807) is 0 Å². The fourth-order valence-electron chi connectivity index (χ4n) is 0.477. The average Bonchev–Trinajstić information content (AvgIpc) is 2.15. The van der Waals surface area contributed by atoms with Crippen LogP contribution >= 0.6 is 67.8 Å². The molecule has 0 radical (unpaired) electrons. The summed E-state index contributed by atoms with van der Waals surface area (Å²) in [5, 5.41) is 7.60. The molecule has 0 heterocycles. The van der Waals surface area contributed by atoms with E-state index >= 15 is 0 Å². The van der Waals surface area contributed by atoms with Gasteiger partial charge in [0, 0.05) is 16.8 Å². The van der Waals surface area contributed by atoms with E-state index in [0.717, 1.165) is 6.08 Å². The van der Waals surface area contributed by atoms with Crippen LogP contribution in [0.3, 0.4) is 0 Å². The fourth-order valence-corrected chi connectivity index (χ4v) is 2.35. The Morgan fingerprint density at radius 2 is 1.64 bits per heavy atom. The summed E-state index contributed by atoms with van der Waals surface area (Å²) in [7, 11) is 0. The van der Waals surface area contributed by atoms with Crippen molar-refractivity contribution < 1.29 is 9.90 Å². The smallest absolute Gasteiger partial charge is 0.327 e. The molecule has 0 saturated carbocycles. The lowest BCUT2D eigenvalue weighted by Crippen LogP contribution is -1.82. The Labute approximate surface area is 124 Å². The molecule has 14 heavy (non-hydrogen) atoms. The van der Waals surface area contributed by atoms with Crippen LogP contribution in [0.4, 0.5) is 0 Å². The van der Waals surface area contributed by atoms with E-state index < -0.39 is 5.97 Å². The van der Waals surface area contributed by atoms with E-state index in [0.29, 0.717) is 0 Å². The Hall–Kier alpha value is 0.620. The zero-order valence-corrected chi connectivity index (χ0v) is 13.5. The van der Waals surface area contributed by atoms with Crippen molar-refractivity contribution >= 4 is 73.7 Å². The lowest BCUT2D eigenvalue weighted by molar-refractivity contribution is -0.131. The minimum atomic E-state index is -0.981. The van der Waals surface area contributed by atoms with Crippen LogP contribution in [0.25, 0.3) is 0 Å². The topological polar surface area (TPSA) is 37.3 Å². The summed E-state index contributed by atoms with van der Waals surface area (Å²) in [6, 6.07) is 6.31. The molecule has 76 valence electrons. The zero-order chi connectivity index (χ0) is 11.1. The van der Waals surface area contributed by atoms with Crippen molar-refractivity contribution in [3.05, 3.63) is 41.6 Å². The Kier molecular flexibility index (Phi) is 8.20. The molecule has 0 aliphatic rings. The van der Waals surface area contributed by atoms with Gasteiger partial charge in [-0.05, 0) is 79.9 Å². The highest BCUT2D eigenvalue weighted by atomic mass is 127. The van der Waals surface area contributed by atoms with Gasteiger partial charge < -0.3 is 5.11 Å². The van der Waals surface area contributed by atoms with Gasteiger partial charge in [-0.15, -0.1) is 0 Å². The molecule has 0 unspecified atom stereocenters. The summed E-state index contributed by atoms with van der Waals surface area (Å²) in [4.78, 5) is 9.25. The van der Waals surface area contributed by atoms with Crippen LogP contribution in [0.2, 0.25) is 0 Å². The second kappa shape index (κ2) is 7.85. The Morgan fingerprint density at radius 1 is 1.29 bits per heavy atom. The van der Waals surface area contributed by atoms with E-state index in [4.69, 9.17) is 5.11 Å². The number of halogens is 3. The Morgan fingerprint density at radius 3 is 1.86 bits per heavy atom. The minimum absolute atomic E-state index is 0.833. The van der Waals surface area contributed by atoms with Crippen molar-refractivity contribution in [1.29, 1.82) is 0 Å². The van der Waals surface area contributed by atoms with Gasteiger partial charge in [0.2, 0.25) is 0 Å². The van der Waals surface area contributed by atoms with Crippen molar-refractivity contribution in [2.24, 2.45) is 0 Å². The molecule has 5 heteroatoms. The summed E-state index contributed by atoms with van der Waals surface area (Å²) in [6.07, 6.45) is 0.833. The van der Waals surface area contributed by atoms with Gasteiger partial charge in [0.15, 0.2) is 0 Å². The minimum Gasteiger partial charge on any atom is -0.478 e. The molecule has 0 aliphatic carbocycles. The maximum Gasteiger partial charge on any atom is 0.327 e. The van der Waals surface area contributed by atoms with Crippen molar-refractivity contribution in [2.75, 3.05) is 0 Å². The van der Waals surface area contributed by atoms with Gasteiger partial charge in [-0.25, -0.2) is 4.79 Å². The van der Waals surface area contributed by atoms with E-state index in [2.05, 4.69) is 92.6 Å². The highest BCUT2D eigenvalue weighted by Crippen LogP contribution is 2.19. The normalized spacial score (nSPS) is 8.50. The standard InChI is InChI=1S/C6H3I3.C3H4O2/c7-4-2-1-3-5(8)6(4)9;1-2-3(4)5/h1-3H;2H,1H2,(H,4,5). The molecule has 0 bridgehead atoms. The first-order valence-electron chi connectivity index (χ1n) is 3.44. The predicted molar refractivity (Wildman–Crippen MR) is 82.4 cm³/mol. The summed E-state index contributed by atoms with van der Waals surface area (Å²) in [6.45, 7) is 2.96. The van der Waals surface area contributed by atoms with Crippen molar-refractivity contribution in [2.45, 2.75) is 0 Å². The van der Waals surface area contributed by atoms with Crippen LogP contribution in [-0.2, 0) is 4.79 Å². The lowest BCUT2D eigenvalue weighted by Gasteiger charge is -1.95. The number of carboxylic acid groups (broad SMARTS) is 1. The Balaban J connectivity index is 0.000000292. The quantitative estimate of drug-likeness (QED) is 0.343. The van der Waals surface area contributed by atoms with E-state index in [1.807, 2.05) is 0 Å². The molecule has 0 aliphatic heterocycles. The van der Waals surface area contributed by atoms with Gasteiger partial charge in [0.25, 0.3) is 0 Å².